The minimum absolute atomic E-state index is 0.129. The third-order valence-electron chi connectivity index (χ3n) is 1.25. The second-order valence-electron chi connectivity index (χ2n) is 2.28. The van der Waals surface area contributed by atoms with Crippen molar-refractivity contribution in [2.24, 2.45) is 0 Å². The van der Waals surface area contributed by atoms with Gasteiger partial charge in [0, 0.05) is 4.90 Å². The highest BCUT2D eigenvalue weighted by Crippen LogP contribution is 2.39. The lowest BCUT2D eigenvalue weighted by molar-refractivity contribution is -0.0563. The van der Waals surface area contributed by atoms with Crippen molar-refractivity contribution >= 4 is 11.8 Å². The molecule has 0 aliphatic heterocycles. The van der Waals surface area contributed by atoms with E-state index in [0.717, 1.165) is 0 Å². The Morgan fingerprint density at radius 1 is 1.08 bits per heavy atom. The summed E-state index contributed by atoms with van der Waals surface area (Å²) in [6, 6.07) is 7.39. The first-order valence-electron chi connectivity index (χ1n) is 3.42. The molecule has 0 radical (unpaired) electrons. The summed E-state index contributed by atoms with van der Waals surface area (Å²) in [5.74, 6) is 0. The normalized spacial score (nSPS) is 12.1. The largest absolute Gasteiger partial charge is 0.357 e. The molecular formula is C8H6F4S. The highest BCUT2D eigenvalue weighted by atomic mass is 32.2. The van der Waals surface area contributed by atoms with Crippen LogP contribution in [0.5, 0.6) is 0 Å². The monoisotopic (exact) mass is 210 g/mol. The molecule has 1 aromatic carbocycles. The maximum atomic E-state index is 12.4. The fourth-order valence-electron chi connectivity index (χ4n) is 0.690. The van der Waals surface area contributed by atoms with Crippen LogP contribution in [0.25, 0.3) is 0 Å². The van der Waals surface area contributed by atoms with Crippen LogP contribution in [0.15, 0.2) is 35.2 Å². The van der Waals surface area contributed by atoms with E-state index >= 15 is 0 Å². The molecule has 5 heteroatoms. The van der Waals surface area contributed by atoms with Crippen LogP contribution in [0.3, 0.4) is 0 Å². The number of hydrogen-bond acceptors (Lipinski definition) is 1. The topological polar surface area (TPSA) is 0 Å². The Balaban J connectivity index is 2.69. The van der Waals surface area contributed by atoms with Crippen molar-refractivity contribution in [1.82, 2.24) is 0 Å². The Hall–Kier alpha value is -0.710. The van der Waals surface area contributed by atoms with E-state index in [-0.39, 0.29) is 16.7 Å². The van der Waals surface area contributed by atoms with Crippen LogP contribution >= 0.6 is 11.8 Å². The van der Waals surface area contributed by atoms with Crippen LogP contribution < -0.4 is 0 Å². The van der Waals surface area contributed by atoms with Gasteiger partial charge in [0.15, 0.2) is 0 Å². The Kier molecular flexibility index (Phi) is 3.19. The number of halogens is 4. The SMILES string of the molecule is FC(F)C(F)(F)Sc1ccccc1. The van der Waals surface area contributed by atoms with E-state index in [0.29, 0.717) is 0 Å². The second-order valence-corrected chi connectivity index (χ2v) is 3.50. The number of hydrogen-bond donors (Lipinski definition) is 0. The van der Waals surface area contributed by atoms with Crippen molar-refractivity contribution < 1.29 is 17.6 Å². The quantitative estimate of drug-likeness (QED) is 0.542. The van der Waals surface area contributed by atoms with Crippen molar-refractivity contribution in [2.75, 3.05) is 0 Å². The zero-order valence-corrected chi connectivity index (χ0v) is 7.20. The molecule has 0 fully saturated rings. The van der Waals surface area contributed by atoms with Gasteiger partial charge in [0.25, 0.3) is 0 Å². The molecule has 0 unspecified atom stereocenters. The molecule has 0 saturated carbocycles. The van der Waals surface area contributed by atoms with Gasteiger partial charge >= 0.3 is 11.7 Å². The zero-order valence-electron chi connectivity index (χ0n) is 6.38. The fraction of sp³-hybridized carbons (Fsp3) is 0.250. The molecule has 0 aliphatic carbocycles. The molecule has 0 atom stereocenters. The minimum atomic E-state index is -4.01. The van der Waals surface area contributed by atoms with Gasteiger partial charge in [0.05, 0.1) is 0 Å². The summed E-state index contributed by atoms with van der Waals surface area (Å²) in [6.45, 7) is 0. The Labute approximate surface area is 76.9 Å². The first-order chi connectivity index (χ1) is 6.02. The molecule has 0 heterocycles. The Morgan fingerprint density at radius 3 is 2.08 bits per heavy atom. The van der Waals surface area contributed by atoms with Gasteiger partial charge in [0.1, 0.15) is 0 Å². The van der Waals surface area contributed by atoms with Gasteiger partial charge in [-0.05, 0) is 23.9 Å². The minimum Gasteiger partial charge on any atom is -0.202 e. The van der Waals surface area contributed by atoms with E-state index in [1.165, 1.54) is 24.3 Å². The first kappa shape index (κ1) is 10.4. The van der Waals surface area contributed by atoms with Crippen LogP contribution in [0.1, 0.15) is 0 Å². The first-order valence-corrected chi connectivity index (χ1v) is 4.24. The number of alkyl halides is 4. The predicted molar refractivity (Wildman–Crippen MR) is 43.3 cm³/mol. The Bertz CT molecular complexity index is 260. The molecule has 0 saturated heterocycles. The van der Waals surface area contributed by atoms with Gasteiger partial charge in [-0.1, -0.05) is 18.2 Å². The van der Waals surface area contributed by atoms with Gasteiger partial charge in [0.2, 0.25) is 0 Å². The van der Waals surface area contributed by atoms with Gasteiger partial charge in [-0.15, -0.1) is 0 Å². The average molecular weight is 210 g/mol. The van der Waals surface area contributed by atoms with Crippen molar-refractivity contribution in [1.29, 1.82) is 0 Å². The molecule has 0 bridgehead atoms. The van der Waals surface area contributed by atoms with E-state index in [1.807, 2.05) is 0 Å². The highest BCUT2D eigenvalue weighted by Gasteiger charge is 2.41. The summed E-state index contributed by atoms with van der Waals surface area (Å²) in [4.78, 5) is 0.132. The highest BCUT2D eigenvalue weighted by molar-refractivity contribution is 8.00. The second kappa shape index (κ2) is 4.00. The van der Waals surface area contributed by atoms with E-state index in [4.69, 9.17) is 0 Å². The molecule has 13 heavy (non-hydrogen) atoms. The number of thioether (sulfide) groups is 1. The molecule has 0 nitrogen and oxygen atoms in total. The third-order valence-corrected chi connectivity index (χ3v) is 2.21. The van der Waals surface area contributed by atoms with E-state index in [9.17, 15) is 17.6 Å². The summed E-state index contributed by atoms with van der Waals surface area (Å²) in [6.07, 6.45) is -3.64. The van der Waals surface area contributed by atoms with Crippen molar-refractivity contribution in [2.45, 2.75) is 16.6 Å². The maximum absolute atomic E-state index is 12.4. The standard InChI is InChI=1S/C8H6F4S/c9-7(10)8(11,12)13-6-4-2-1-3-5-6/h1-5,7H. The van der Waals surface area contributed by atoms with Gasteiger partial charge in [-0.3, -0.25) is 0 Å². The van der Waals surface area contributed by atoms with Gasteiger partial charge in [-0.25, -0.2) is 8.78 Å². The van der Waals surface area contributed by atoms with Gasteiger partial charge < -0.3 is 0 Å². The Morgan fingerprint density at radius 2 is 1.62 bits per heavy atom. The summed E-state index contributed by atoms with van der Waals surface area (Å²) in [7, 11) is 0. The lowest BCUT2D eigenvalue weighted by Crippen LogP contribution is -2.21. The average Bonchev–Trinajstić information content (AvgIpc) is 2.05. The molecule has 72 valence electrons. The predicted octanol–water partition coefficient (Wildman–Crippen LogP) is 3.64. The van der Waals surface area contributed by atoms with Crippen LogP contribution in [-0.4, -0.2) is 11.7 Å². The number of rotatable bonds is 3. The summed E-state index contributed by atoms with van der Waals surface area (Å²) >= 11 is -0.129. The molecule has 1 aromatic rings. The summed E-state index contributed by atoms with van der Waals surface area (Å²) in [5.41, 5.74) is 0. The van der Waals surface area contributed by atoms with Crippen molar-refractivity contribution in [3.63, 3.8) is 0 Å². The molecule has 0 spiro atoms. The molecular weight excluding hydrogens is 204 g/mol. The molecule has 0 aliphatic rings. The van der Waals surface area contributed by atoms with Crippen LogP contribution in [0.4, 0.5) is 17.6 Å². The van der Waals surface area contributed by atoms with E-state index in [1.54, 1.807) is 6.07 Å². The van der Waals surface area contributed by atoms with Crippen molar-refractivity contribution in [3.8, 4) is 0 Å². The number of benzene rings is 1. The van der Waals surface area contributed by atoms with Crippen LogP contribution in [0.2, 0.25) is 0 Å². The third kappa shape index (κ3) is 2.91. The molecule has 0 amide bonds. The lowest BCUT2D eigenvalue weighted by Gasteiger charge is -2.13. The van der Waals surface area contributed by atoms with Gasteiger partial charge in [-0.2, -0.15) is 8.78 Å². The summed E-state index contributed by atoms with van der Waals surface area (Å²) in [5, 5.41) is -4.01. The molecule has 0 N–H and O–H groups in total. The van der Waals surface area contributed by atoms with Crippen LogP contribution in [0, 0.1) is 0 Å². The molecule has 1 rings (SSSR count). The smallest absolute Gasteiger partial charge is 0.202 e. The maximum Gasteiger partial charge on any atom is 0.357 e. The summed E-state index contributed by atoms with van der Waals surface area (Å²) < 4.78 is 48.3. The van der Waals surface area contributed by atoms with E-state index in [2.05, 4.69) is 0 Å². The van der Waals surface area contributed by atoms with Crippen molar-refractivity contribution in [3.05, 3.63) is 30.3 Å². The fourth-order valence-corrected chi connectivity index (χ4v) is 1.39. The molecule has 0 aromatic heterocycles. The van der Waals surface area contributed by atoms with E-state index < -0.39 is 11.7 Å². The zero-order chi connectivity index (χ0) is 9.90. The lowest BCUT2D eigenvalue weighted by atomic mass is 10.4. The van der Waals surface area contributed by atoms with Crippen LogP contribution in [-0.2, 0) is 0 Å².